The summed E-state index contributed by atoms with van der Waals surface area (Å²) in [5.41, 5.74) is 1.76. The molecule has 138 valence electrons. The molecule has 2 aliphatic heterocycles. The van der Waals surface area contributed by atoms with Gasteiger partial charge in [0.15, 0.2) is 11.1 Å². The van der Waals surface area contributed by atoms with Crippen molar-refractivity contribution in [2.24, 2.45) is 15.9 Å². The molecule has 0 fully saturated rings. The van der Waals surface area contributed by atoms with Gasteiger partial charge in [-0.3, -0.25) is 19.6 Å². The van der Waals surface area contributed by atoms with Crippen molar-refractivity contribution in [3.8, 4) is 0 Å². The third-order valence-corrected chi connectivity index (χ3v) is 5.07. The van der Waals surface area contributed by atoms with E-state index in [1.807, 2.05) is 18.2 Å². The summed E-state index contributed by atoms with van der Waals surface area (Å²) in [4.78, 5) is 36.3. The Hall–Kier alpha value is -2.35. The Morgan fingerprint density at radius 3 is 2.73 bits per heavy atom. The Kier molecular flexibility index (Phi) is 5.92. The number of amidine groups is 1. The number of thioether (sulfide) groups is 1. The van der Waals surface area contributed by atoms with Gasteiger partial charge >= 0.3 is 11.9 Å². The highest BCUT2D eigenvalue weighted by Gasteiger charge is 2.31. The highest BCUT2D eigenvalue weighted by molar-refractivity contribution is 8.15. The minimum Gasteiger partial charge on any atom is -0.465 e. The number of benzene rings is 1. The van der Waals surface area contributed by atoms with E-state index in [2.05, 4.69) is 14.9 Å². The van der Waals surface area contributed by atoms with Crippen LogP contribution in [0.15, 0.2) is 33.1 Å². The Morgan fingerprint density at radius 1 is 1.31 bits per heavy atom. The zero-order valence-electron chi connectivity index (χ0n) is 14.8. The Bertz CT molecular complexity index is 745. The molecule has 0 aromatic heterocycles. The van der Waals surface area contributed by atoms with Crippen LogP contribution >= 0.6 is 11.8 Å². The number of carbonyl (C=O) groups is 2. The number of hydrogen-bond donors (Lipinski definition) is 0. The first-order chi connectivity index (χ1) is 12.7. The molecule has 1 aromatic rings. The van der Waals surface area contributed by atoms with Crippen LogP contribution in [-0.2, 0) is 19.1 Å². The second-order valence-electron chi connectivity index (χ2n) is 5.66. The van der Waals surface area contributed by atoms with Crippen LogP contribution in [0.4, 0.5) is 11.4 Å². The molecule has 2 heterocycles. The van der Waals surface area contributed by atoms with Crippen molar-refractivity contribution in [3.63, 3.8) is 0 Å². The average molecular weight is 375 g/mol. The van der Waals surface area contributed by atoms with Gasteiger partial charge in [-0.15, -0.1) is 0 Å². The lowest BCUT2D eigenvalue weighted by Crippen LogP contribution is -2.30. The highest BCUT2D eigenvalue weighted by atomic mass is 32.2. The number of nitrogens with zero attached hydrogens (tertiary/aromatic N) is 3. The molecule has 0 amide bonds. The van der Waals surface area contributed by atoms with Gasteiger partial charge in [0.05, 0.1) is 29.5 Å². The molecule has 0 unspecified atom stereocenters. The topological polar surface area (TPSA) is 80.6 Å². The molecule has 7 nitrogen and oxygen atoms in total. The molecule has 3 rings (SSSR count). The maximum absolute atomic E-state index is 12.1. The number of rotatable bonds is 6. The molecular formula is C18H21N3O4S. The van der Waals surface area contributed by atoms with Gasteiger partial charge in [-0.1, -0.05) is 6.07 Å². The van der Waals surface area contributed by atoms with Gasteiger partial charge in [0.2, 0.25) is 0 Å². The standard InChI is InChI=1S/C18H21N3O4S/c1-3-24-16(22)12(17(23)25-4-2)11-20-13-7-5-8-14-15(13)26-18-19-9-6-10-21(14)18/h5,7-8,11-12H,3-4,6,9-10H2,1-2H3. The Morgan fingerprint density at radius 2 is 2.04 bits per heavy atom. The van der Waals surface area contributed by atoms with Gasteiger partial charge in [-0.2, -0.15) is 0 Å². The predicted octanol–water partition coefficient (Wildman–Crippen LogP) is 2.80. The van der Waals surface area contributed by atoms with Crippen LogP contribution in [0.5, 0.6) is 0 Å². The first-order valence-corrected chi connectivity index (χ1v) is 9.47. The number of esters is 2. The van der Waals surface area contributed by atoms with E-state index >= 15 is 0 Å². The van der Waals surface area contributed by atoms with Crippen molar-refractivity contribution < 1.29 is 19.1 Å². The van der Waals surface area contributed by atoms with Crippen molar-refractivity contribution in [1.29, 1.82) is 0 Å². The SMILES string of the molecule is CCOC(=O)C(C=Nc1cccc2c1SC1=NCCCN12)C(=O)OCC. The minimum absolute atomic E-state index is 0.188. The largest absolute Gasteiger partial charge is 0.465 e. The lowest BCUT2D eigenvalue weighted by Gasteiger charge is -2.22. The van der Waals surface area contributed by atoms with Crippen LogP contribution < -0.4 is 4.90 Å². The molecule has 1 aromatic carbocycles. The van der Waals surface area contributed by atoms with Gasteiger partial charge in [-0.25, -0.2) is 0 Å². The number of aliphatic imine (C=N–C) groups is 2. The van der Waals surface area contributed by atoms with E-state index in [1.165, 1.54) is 6.21 Å². The molecule has 0 saturated heterocycles. The van der Waals surface area contributed by atoms with E-state index in [4.69, 9.17) is 9.47 Å². The van der Waals surface area contributed by atoms with Crippen LogP contribution in [0.1, 0.15) is 20.3 Å². The molecule has 0 spiro atoms. The van der Waals surface area contributed by atoms with Gasteiger partial charge in [0.1, 0.15) is 0 Å². The second-order valence-corrected chi connectivity index (χ2v) is 6.63. The summed E-state index contributed by atoms with van der Waals surface area (Å²) < 4.78 is 9.93. The summed E-state index contributed by atoms with van der Waals surface area (Å²) in [5, 5.41) is 0.973. The van der Waals surface area contributed by atoms with Crippen molar-refractivity contribution in [2.45, 2.75) is 25.2 Å². The zero-order valence-corrected chi connectivity index (χ0v) is 15.6. The molecule has 0 atom stereocenters. The average Bonchev–Trinajstić information content (AvgIpc) is 3.02. The third-order valence-electron chi connectivity index (χ3n) is 3.92. The lowest BCUT2D eigenvalue weighted by molar-refractivity contribution is -0.157. The van der Waals surface area contributed by atoms with Crippen LogP contribution in [0.3, 0.4) is 0 Å². The van der Waals surface area contributed by atoms with E-state index < -0.39 is 17.9 Å². The quantitative estimate of drug-likeness (QED) is 0.432. The molecule has 8 heteroatoms. The van der Waals surface area contributed by atoms with Crippen LogP contribution in [0.2, 0.25) is 0 Å². The van der Waals surface area contributed by atoms with Crippen molar-refractivity contribution in [2.75, 3.05) is 31.2 Å². The maximum Gasteiger partial charge on any atom is 0.325 e. The van der Waals surface area contributed by atoms with Crippen molar-refractivity contribution >= 4 is 46.5 Å². The van der Waals surface area contributed by atoms with E-state index in [1.54, 1.807) is 25.6 Å². The molecule has 0 radical (unpaired) electrons. The summed E-state index contributed by atoms with van der Waals surface area (Å²) in [6, 6.07) is 5.80. The summed E-state index contributed by atoms with van der Waals surface area (Å²) in [6.45, 7) is 5.52. The summed E-state index contributed by atoms with van der Waals surface area (Å²) in [5.74, 6) is -2.48. The lowest BCUT2D eigenvalue weighted by atomic mass is 10.1. The molecule has 0 saturated carbocycles. The Balaban J connectivity index is 1.87. The monoisotopic (exact) mass is 375 g/mol. The number of carbonyl (C=O) groups excluding carboxylic acids is 2. The van der Waals surface area contributed by atoms with Crippen molar-refractivity contribution in [1.82, 2.24) is 0 Å². The second kappa shape index (κ2) is 8.35. The third kappa shape index (κ3) is 3.75. The zero-order chi connectivity index (χ0) is 18.5. The maximum atomic E-state index is 12.1. The first-order valence-electron chi connectivity index (χ1n) is 8.66. The van der Waals surface area contributed by atoms with Crippen LogP contribution in [0, 0.1) is 5.92 Å². The number of anilines is 1. The van der Waals surface area contributed by atoms with Crippen LogP contribution in [0.25, 0.3) is 0 Å². The van der Waals surface area contributed by atoms with E-state index in [-0.39, 0.29) is 13.2 Å². The molecule has 0 aliphatic carbocycles. The minimum atomic E-state index is -1.17. The van der Waals surface area contributed by atoms with Gasteiger partial charge in [0.25, 0.3) is 0 Å². The predicted molar refractivity (Wildman–Crippen MR) is 101 cm³/mol. The number of fused-ring (bicyclic) bond motifs is 3. The van der Waals surface area contributed by atoms with E-state index in [0.717, 1.165) is 35.3 Å². The molecule has 0 N–H and O–H groups in total. The van der Waals surface area contributed by atoms with E-state index in [9.17, 15) is 9.59 Å². The number of ether oxygens (including phenoxy) is 2. The fraction of sp³-hybridized carbons (Fsp3) is 0.444. The normalized spacial score (nSPS) is 15.7. The number of hydrogen-bond acceptors (Lipinski definition) is 8. The molecule has 0 bridgehead atoms. The smallest absolute Gasteiger partial charge is 0.325 e. The summed E-state index contributed by atoms with van der Waals surface area (Å²) >= 11 is 1.57. The molecule has 2 aliphatic rings. The summed E-state index contributed by atoms with van der Waals surface area (Å²) in [6.07, 6.45) is 2.33. The molecular weight excluding hydrogens is 354 g/mol. The van der Waals surface area contributed by atoms with Crippen molar-refractivity contribution in [3.05, 3.63) is 18.2 Å². The van der Waals surface area contributed by atoms with E-state index in [0.29, 0.717) is 5.69 Å². The van der Waals surface area contributed by atoms with Gasteiger partial charge in [0, 0.05) is 19.3 Å². The Labute approximate surface area is 156 Å². The fourth-order valence-electron chi connectivity index (χ4n) is 2.76. The first kappa shape index (κ1) is 18.4. The van der Waals surface area contributed by atoms with Gasteiger partial charge < -0.3 is 14.4 Å². The summed E-state index contributed by atoms with van der Waals surface area (Å²) in [7, 11) is 0. The fourth-order valence-corrected chi connectivity index (χ4v) is 3.90. The van der Waals surface area contributed by atoms with Crippen LogP contribution in [-0.4, -0.2) is 49.6 Å². The molecule has 26 heavy (non-hydrogen) atoms. The highest BCUT2D eigenvalue weighted by Crippen LogP contribution is 2.46. The van der Waals surface area contributed by atoms with Gasteiger partial charge in [-0.05, 0) is 44.2 Å².